The first-order chi connectivity index (χ1) is 11.8. The van der Waals surface area contributed by atoms with Gasteiger partial charge in [0.05, 0.1) is 32.6 Å². The molecule has 5 heteroatoms. The van der Waals surface area contributed by atoms with E-state index in [-0.39, 0.29) is 5.41 Å². The molecule has 25 heavy (non-hydrogen) atoms. The fourth-order valence-corrected chi connectivity index (χ4v) is 3.08. The molecule has 0 aliphatic carbocycles. The molecule has 0 N–H and O–H groups in total. The van der Waals surface area contributed by atoms with Crippen LogP contribution in [-0.4, -0.2) is 56.4 Å². The smallest absolute Gasteiger partial charge is 0.257 e. The summed E-state index contributed by atoms with van der Waals surface area (Å²) in [5, 5.41) is 0. The highest BCUT2D eigenvalue weighted by Crippen LogP contribution is 2.36. The topological polar surface area (TPSA) is 43.8 Å². The van der Waals surface area contributed by atoms with E-state index in [1.807, 2.05) is 0 Å². The molecule has 5 nitrogen and oxygen atoms in total. The van der Waals surface area contributed by atoms with E-state index in [1.165, 1.54) is 5.56 Å². The number of aromatic nitrogens is 1. The molecule has 142 valence electrons. The van der Waals surface area contributed by atoms with Gasteiger partial charge < -0.3 is 14.2 Å². The molecule has 0 bridgehead atoms. The van der Waals surface area contributed by atoms with Crippen molar-refractivity contribution in [2.75, 3.05) is 46.6 Å². The molecule has 0 atom stereocenters. The van der Waals surface area contributed by atoms with Gasteiger partial charge in [-0.25, -0.2) is 4.98 Å². The van der Waals surface area contributed by atoms with Crippen LogP contribution in [0.1, 0.15) is 58.2 Å². The Balaban J connectivity index is 2.04. The normalized spacial score (nSPS) is 16.3. The lowest BCUT2D eigenvalue weighted by Crippen LogP contribution is -2.37. The summed E-state index contributed by atoms with van der Waals surface area (Å²) in [6.45, 7) is 16.4. The number of hydrogen-bond donors (Lipinski definition) is 0. The molecule has 0 saturated carbocycles. The Bertz CT molecular complexity index is 547. The van der Waals surface area contributed by atoms with E-state index in [0.717, 1.165) is 50.7 Å². The molecule has 0 radical (unpaired) electrons. The van der Waals surface area contributed by atoms with Crippen LogP contribution in [0.4, 0.5) is 0 Å². The van der Waals surface area contributed by atoms with E-state index < -0.39 is 0 Å². The highest BCUT2D eigenvalue weighted by atomic mass is 16.5. The van der Waals surface area contributed by atoms with Gasteiger partial charge in [0.2, 0.25) is 0 Å². The Hall–Kier alpha value is -1.33. The third-order valence-electron chi connectivity index (χ3n) is 4.49. The maximum atomic E-state index is 6.03. The summed E-state index contributed by atoms with van der Waals surface area (Å²) < 4.78 is 16.9. The van der Waals surface area contributed by atoms with Gasteiger partial charge in [-0.1, -0.05) is 34.6 Å². The zero-order chi connectivity index (χ0) is 18.4. The number of nitrogens with zero attached hydrogens (tertiary/aromatic N) is 2. The fraction of sp³-hybridized carbons (Fsp3) is 0.750. The van der Waals surface area contributed by atoms with Crippen LogP contribution >= 0.6 is 0 Å². The van der Waals surface area contributed by atoms with Gasteiger partial charge in [0.15, 0.2) is 5.75 Å². The van der Waals surface area contributed by atoms with Crippen molar-refractivity contribution in [3.63, 3.8) is 0 Å². The molecular weight excluding hydrogens is 316 g/mol. The quantitative estimate of drug-likeness (QED) is 0.703. The van der Waals surface area contributed by atoms with Crippen LogP contribution in [0.5, 0.6) is 11.6 Å². The largest absolute Gasteiger partial charge is 0.488 e. The minimum absolute atomic E-state index is 0.0260. The molecule has 1 saturated heterocycles. The lowest BCUT2D eigenvalue weighted by atomic mass is 9.85. The van der Waals surface area contributed by atoms with Crippen LogP contribution in [0.25, 0.3) is 0 Å². The Morgan fingerprint density at radius 3 is 2.48 bits per heavy atom. The molecule has 0 spiro atoms. The average molecular weight is 351 g/mol. The van der Waals surface area contributed by atoms with E-state index in [2.05, 4.69) is 45.6 Å². The third kappa shape index (κ3) is 5.58. The summed E-state index contributed by atoms with van der Waals surface area (Å²) >= 11 is 0. The second kappa shape index (κ2) is 8.86. The molecular formula is C20H34N2O3. The van der Waals surface area contributed by atoms with Gasteiger partial charge in [0, 0.05) is 25.0 Å². The molecule has 1 aliphatic rings. The van der Waals surface area contributed by atoms with Crippen molar-refractivity contribution in [2.24, 2.45) is 0 Å². The predicted molar refractivity (Wildman–Crippen MR) is 101 cm³/mol. The number of methoxy groups -OCH3 is 1. The van der Waals surface area contributed by atoms with E-state index in [4.69, 9.17) is 19.2 Å². The van der Waals surface area contributed by atoms with Crippen molar-refractivity contribution in [3.8, 4) is 11.6 Å². The first-order valence-electron chi connectivity index (χ1n) is 9.35. The second-order valence-corrected chi connectivity index (χ2v) is 7.99. The minimum Gasteiger partial charge on any atom is -0.488 e. The van der Waals surface area contributed by atoms with Crippen molar-refractivity contribution in [1.82, 2.24) is 9.88 Å². The van der Waals surface area contributed by atoms with Gasteiger partial charge in [-0.2, -0.15) is 0 Å². The molecule has 2 rings (SSSR count). The van der Waals surface area contributed by atoms with Crippen LogP contribution in [0.2, 0.25) is 0 Å². The van der Waals surface area contributed by atoms with E-state index in [1.54, 1.807) is 7.11 Å². The van der Waals surface area contributed by atoms with E-state index in [9.17, 15) is 0 Å². The zero-order valence-corrected chi connectivity index (χ0v) is 16.7. The number of hydrogen-bond acceptors (Lipinski definition) is 5. The van der Waals surface area contributed by atoms with Crippen molar-refractivity contribution in [3.05, 3.63) is 17.3 Å². The Morgan fingerprint density at radius 1 is 1.24 bits per heavy atom. The number of morpholine rings is 1. The van der Waals surface area contributed by atoms with Gasteiger partial charge in [-0.15, -0.1) is 0 Å². The standard InChI is InChI=1S/C20H34N2O3/c1-15(2)16-14-17(19(23-6)21-18(16)20(3,4)5)25-11-7-8-22-9-12-24-13-10-22/h14-15H,7-13H2,1-6H3. The Kier molecular flexibility index (Phi) is 7.08. The molecule has 1 aliphatic heterocycles. The zero-order valence-electron chi connectivity index (χ0n) is 16.7. The molecule has 2 heterocycles. The van der Waals surface area contributed by atoms with Crippen LogP contribution in [-0.2, 0) is 10.2 Å². The number of pyridine rings is 1. The van der Waals surface area contributed by atoms with Crippen molar-refractivity contribution in [1.29, 1.82) is 0 Å². The first kappa shape index (κ1) is 20.0. The van der Waals surface area contributed by atoms with Crippen LogP contribution in [0, 0.1) is 0 Å². The van der Waals surface area contributed by atoms with E-state index in [0.29, 0.717) is 18.4 Å². The highest BCUT2D eigenvalue weighted by molar-refractivity contribution is 5.43. The van der Waals surface area contributed by atoms with Crippen molar-refractivity contribution in [2.45, 2.75) is 52.4 Å². The lowest BCUT2D eigenvalue weighted by Gasteiger charge is -2.27. The fourth-order valence-electron chi connectivity index (χ4n) is 3.08. The summed E-state index contributed by atoms with van der Waals surface area (Å²) in [4.78, 5) is 7.20. The summed E-state index contributed by atoms with van der Waals surface area (Å²) in [7, 11) is 1.66. The van der Waals surface area contributed by atoms with Crippen LogP contribution < -0.4 is 9.47 Å². The Labute approximate surface area is 152 Å². The first-order valence-corrected chi connectivity index (χ1v) is 9.35. The predicted octanol–water partition coefficient (Wildman–Crippen LogP) is 3.61. The number of ether oxygens (including phenoxy) is 3. The molecule has 1 aromatic rings. The maximum absolute atomic E-state index is 6.03. The van der Waals surface area contributed by atoms with Gasteiger partial charge in [0.25, 0.3) is 5.88 Å². The summed E-state index contributed by atoms with van der Waals surface area (Å²) in [6, 6.07) is 2.12. The molecule has 1 aromatic heterocycles. The Morgan fingerprint density at radius 2 is 1.92 bits per heavy atom. The second-order valence-electron chi connectivity index (χ2n) is 7.99. The SMILES string of the molecule is COc1nc(C(C)(C)C)c(C(C)C)cc1OCCCN1CCOCC1. The van der Waals surface area contributed by atoms with Crippen LogP contribution in [0.3, 0.4) is 0 Å². The maximum Gasteiger partial charge on any atom is 0.257 e. The average Bonchev–Trinajstić information content (AvgIpc) is 2.58. The number of rotatable bonds is 7. The third-order valence-corrected chi connectivity index (χ3v) is 4.49. The van der Waals surface area contributed by atoms with Gasteiger partial charge in [0.1, 0.15) is 0 Å². The summed E-state index contributed by atoms with van der Waals surface area (Å²) in [5.74, 6) is 1.73. The lowest BCUT2D eigenvalue weighted by molar-refractivity contribution is 0.0357. The summed E-state index contributed by atoms with van der Waals surface area (Å²) in [6.07, 6.45) is 0.987. The van der Waals surface area contributed by atoms with Gasteiger partial charge in [-0.05, 0) is 24.0 Å². The monoisotopic (exact) mass is 350 g/mol. The molecule has 0 amide bonds. The molecule has 0 aromatic carbocycles. The highest BCUT2D eigenvalue weighted by Gasteiger charge is 2.24. The van der Waals surface area contributed by atoms with Crippen molar-refractivity contribution >= 4 is 0 Å². The van der Waals surface area contributed by atoms with Crippen LogP contribution in [0.15, 0.2) is 6.07 Å². The van der Waals surface area contributed by atoms with Gasteiger partial charge >= 0.3 is 0 Å². The van der Waals surface area contributed by atoms with E-state index >= 15 is 0 Å². The summed E-state index contributed by atoms with van der Waals surface area (Å²) in [5.41, 5.74) is 2.29. The minimum atomic E-state index is -0.0260. The van der Waals surface area contributed by atoms with Crippen molar-refractivity contribution < 1.29 is 14.2 Å². The molecule has 1 fully saturated rings. The molecule has 0 unspecified atom stereocenters. The van der Waals surface area contributed by atoms with Gasteiger partial charge in [-0.3, -0.25) is 4.90 Å².